The first-order chi connectivity index (χ1) is 12.7. The minimum absolute atomic E-state index is 0.0523. The molecule has 3 heterocycles. The van der Waals surface area contributed by atoms with Gasteiger partial charge in [0, 0.05) is 64.6 Å². The number of carbonyl (C=O) groups excluding carboxylic acids is 2. The largest absolute Gasteiger partial charge is 0.379 e. The number of likely N-dealkylation sites (N-methyl/N-ethyl adjacent to an activating group) is 1. The van der Waals surface area contributed by atoms with Gasteiger partial charge in [-0.3, -0.25) is 19.5 Å². The Bertz CT molecular complexity index is 604. The molecule has 0 aromatic carbocycles. The van der Waals surface area contributed by atoms with Crippen LogP contribution in [0, 0.1) is 5.92 Å². The first-order valence-corrected chi connectivity index (χ1v) is 9.43. The zero-order valence-corrected chi connectivity index (χ0v) is 15.5. The van der Waals surface area contributed by atoms with Gasteiger partial charge in [0.15, 0.2) is 0 Å². The molecule has 0 N–H and O–H groups in total. The van der Waals surface area contributed by atoms with Gasteiger partial charge in [0.25, 0.3) is 0 Å². The summed E-state index contributed by atoms with van der Waals surface area (Å²) < 4.78 is 5.36. The number of nitrogens with zero attached hydrogens (tertiary/aromatic N) is 4. The van der Waals surface area contributed by atoms with Crippen molar-refractivity contribution < 1.29 is 14.3 Å². The van der Waals surface area contributed by atoms with E-state index in [1.54, 1.807) is 17.3 Å². The Morgan fingerprint density at radius 1 is 1.38 bits per heavy atom. The van der Waals surface area contributed by atoms with Gasteiger partial charge >= 0.3 is 0 Å². The average molecular weight is 360 g/mol. The monoisotopic (exact) mass is 360 g/mol. The Labute approximate surface area is 154 Å². The third-order valence-electron chi connectivity index (χ3n) is 5.14. The highest BCUT2D eigenvalue weighted by Crippen LogP contribution is 2.22. The standard InChI is InChI=1S/C19H28N4O3/c1-2-22(7-6-21-8-10-26-11-9-21)19(25)17-12-18(24)23(15-17)14-16-4-3-5-20-13-16/h3-5,13,17H,2,6-12,14-15H2,1H3/t17-/m0/s1. The summed E-state index contributed by atoms with van der Waals surface area (Å²) in [6.07, 6.45) is 3.80. The molecule has 0 spiro atoms. The van der Waals surface area contributed by atoms with Gasteiger partial charge < -0.3 is 14.5 Å². The van der Waals surface area contributed by atoms with Crippen LogP contribution >= 0.6 is 0 Å². The summed E-state index contributed by atoms with van der Waals surface area (Å²) in [7, 11) is 0. The van der Waals surface area contributed by atoms with Crippen LogP contribution in [0.1, 0.15) is 18.9 Å². The molecule has 7 heteroatoms. The van der Waals surface area contributed by atoms with E-state index in [-0.39, 0.29) is 17.7 Å². The van der Waals surface area contributed by atoms with E-state index < -0.39 is 0 Å². The highest BCUT2D eigenvalue weighted by Gasteiger charge is 2.36. The highest BCUT2D eigenvalue weighted by molar-refractivity contribution is 5.89. The van der Waals surface area contributed by atoms with E-state index in [2.05, 4.69) is 9.88 Å². The number of amides is 2. The van der Waals surface area contributed by atoms with Crippen LogP contribution < -0.4 is 0 Å². The summed E-state index contributed by atoms with van der Waals surface area (Å²) >= 11 is 0. The maximum absolute atomic E-state index is 12.9. The van der Waals surface area contributed by atoms with E-state index in [0.29, 0.717) is 32.6 Å². The van der Waals surface area contributed by atoms with Crippen molar-refractivity contribution in [1.29, 1.82) is 0 Å². The van der Waals surface area contributed by atoms with Gasteiger partial charge in [-0.2, -0.15) is 0 Å². The molecular formula is C19H28N4O3. The fraction of sp³-hybridized carbons (Fsp3) is 0.632. The van der Waals surface area contributed by atoms with E-state index in [4.69, 9.17) is 4.74 Å². The summed E-state index contributed by atoms with van der Waals surface area (Å²) in [5.74, 6) is -0.0805. The summed E-state index contributed by atoms with van der Waals surface area (Å²) in [6.45, 7) is 8.65. The molecule has 2 aliphatic rings. The normalized spacial score (nSPS) is 21.2. The van der Waals surface area contributed by atoms with Crippen molar-refractivity contribution in [3.8, 4) is 0 Å². The minimum Gasteiger partial charge on any atom is -0.379 e. The summed E-state index contributed by atoms with van der Waals surface area (Å²) in [5.41, 5.74) is 0.994. The fourth-order valence-corrected chi connectivity index (χ4v) is 3.57. The predicted molar refractivity (Wildman–Crippen MR) is 97.3 cm³/mol. The van der Waals surface area contributed by atoms with Crippen LogP contribution in [0.15, 0.2) is 24.5 Å². The van der Waals surface area contributed by atoms with Crippen molar-refractivity contribution >= 4 is 11.8 Å². The molecule has 0 radical (unpaired) electrons. The third kappa shape index (κ3) is 4.80. The molecular weight excluding hydrogens is 332 g/mol. The van der Waals surface area contributed by atoms with Crippen molar-refractivity contribution in [3.05, 3.63) is 30.1 Å². The Hall–Kier alpha value is -1.99. The van der Waals surface area contributed by atoms with Gasteiger partial charge in [-0.1, -0.05) is 6.07 Å². The summed E-state index contributed by atoms with van der Waals surface area (Å²) in [6, 6.07) is 3.82. The quantitative estimate of drug-likeness (QED) is 0.713. The van der Waals surface area contributed by atoms with Gasteiger partial charge in [-0.05, 0) is 18.6 Å². The molecule has 2 fully saturated rings. The molecule has 0 bridgehead atoms. The number of likely N-dealkylation sites (tertiary alicyclic amines) is 1. The minimum atomic E-state index is -0.233. The van der Waals surface area contributed by atoms with E-state index in [1.807, 2.05) is 24.0 Å². The molecule has 1 aromatic rings. The molecule has 3 rings (SSSR count). The van der Waals surface area contributed by atoms with Crippen molar-refractivity contribution in [2.45, 2.75) is 19.9 Å². The van der Waals surface area contributed by atoms with Crippen LogP contribution in [0.2, 0.25) is 0 Å². The van der Waals surface area contributed by atoms with Gasteiger partial charge in [0.2, 0.25) is 11.8 Å². The number of ether oxygens (including phenoxy) is 1. The number of aromatic nitrogens is 1. The first-order valence-electron chi connectivity index (χ1n) is 9.43. The van der Waals surface area contributed by atoms with Crippen molar-refractivity contribution in [1.82, 2.24) is 19.7 Å². The zero-order chi connectivity index (χ0) is 18.4. The van der Waals surface area contributed by atoms with E-state index >= 15 is 0 Å². The molecule has 2 aliphatic heterocycles. The van der Waals surface area contributed by atoms with Crippen LogP contribution in [0.5, 0.6) is 0 Å². The molecule has 0 saturated carbocycles. The van der Waals surface area contributed by atoms with Gasteiger partial charge in [0.05, 0.1) is 19.1 Å². The lowest BCUT2D eigenvalue weighted by atomic mass is 10.1. The number of hydrogen-bond acceptors (Lipinski definition) is 5. The van der Waals surface area contributed by atoms with E-state index in [0.717, 1.165) is 38.4 Å². The van der Waals surface area contributed by atoms with Gasteiger partial charge in [-0.15, -0.1) is 0 Å². The van der Waals surface area contributed by atoms with Crippen molar-refractivity contribution in [3.63, 3.8) is 0 Å². The molecule has 2 saturated heterocycles. The van der Waals surface area contributed by atoms with Crippen LogP contribution in [-0.2, 0) is 20.9 Å². The lowest BCUT2D eigenvalue weighted by Gasteiger charge is -2.30. The van der Waals surface area contributed by atoms with Crippen LogP contribution in [0.25, 0.3) is 0 Å². The molecule has 2 amide bonds. The van der Waals surface area contributed by atoms with Gasteiger partial charge in [0.1, 0.15) is 0 Å². The lowest BCUT2D eigenvalue weighted by Crippen LogP contribution is -2.44. The third-order valence-corrected chi connectivity index (χ3v) is 5.14. The lowest BCUT2D eigenvalue weighted by molar-refractivity contribution is -0.136. The molecule has 0 aliphatic carbocycles. The number of pyridine rings is 1. The molecule has 1 atom stereocenters. The molecule has 26 heavy (non-hydrogen) atoms. The second-order valence-electron chi connectivity index (χ2n) is 6.91. The second kappa shape index (κ2) is 9.09. The van der Waals surface area contributed by atoms with Gasteiger partial charge in [-0.25, -0.2) is 0 Å². The average Bonchev–Trinajstić information content (AvgIpc) is 3.04. The highest BCUT2D eigenvalue weighted by atomic mass is 16.5. The maximum Gasteiger partial charge on any atom is 0.228 e. The van der Waals surface area contributed by atoms with Crippen molar-refractivity contribution in [2.75, 3.05) is 52.5 Å². The smallest absolute Gasteiger partial charge is 0.228 e. The number of hydrogen-bond donors (Lipinski definition) is 0. The first kappa shape index (κ1) is 18.8. The molecule has 1 aromatic heterocycles. The molecule has 7 nitrogen and oxygen atoms in total. The zero-order valence-electron chi connectivity index (χ0n) is 15.5. The van der Waals surface area contributed by atoms with Crippen LogP contribution in [0.3, 0.4) is 0 Å². The maximum atomic E-state index is 12.9. The predicted octanol–water partition coefficient (Wildman–Crippen LogP) is 0.611. The van der Waals surface area contributed by atoms with E-state index in [9.17, 15) is 9.59 Å². The number of morpholine rings is 1. The Kier molecular flexibility index (Phi) is 6.57. The topological polar surface area (TPSA) is 66.0 Å². The Balaban J connectivity index is 1.52. The molecule has 0 unspecified atom stereocenters. The van der Waals surface area contributed by atoms with E-state index in [1.165, 1.54) is 0 Å². The summed E-state index contributed by atoms with van der Waals surface area (Å²) in [4.78, 5) is 35.3. The fourth-order valence-electron chi connectivity index (χ4n) is 3.57. The molecule has 142 valence electrons. The SMILES string of the molecule is CCN(CCN1CCOCC1)C(=O)[C@H]1CC(=O)N(Cc2cccnc2)C1. The number of rotatable bonds is 7. The van der Waals surface area contributed by atoms with Crippen molar-refractivity contribution in [2.24, 2.45) is 5.92 Å². The summed E-state index contributed by atoms with van der Waals surface area (Å²) in [5, 5.41) is 0. The van der Waals surface area contributed by atoms with Crippen LogP contribution in [-0.4, -0.2) is 84.0 Å². The Morgan fingerprint density at radius 3 is 2.88 bits per heavy atom. The second-order valence-corrected chi connectivity index (χ2v) is 6.91. The Morgan fingerprint density at radius 2 is 2.19 bits per heavy atom. The number of carbonyl (C=O) groups is 2. The van der Waals surface area contributed by atoms with Crippen LogP contribution in [0.4, 0.5) is 0 Å².